The predicted octanol–water partition coefficient (Wildman–Crippen LogP) is 5.15. The molecule has 0 aliphatic heterocycles. The Kier molecular flexibility index (Phi) is 13.2. The van der Waals surface area contributed by atoms with Crippen LogP contribution in [-0.2, 0) is 43.2 Å². The molecule has 1 heterocycles. The average molecular weight is 611 g/mol. The number of Topliss-reactive ketones (excluding diaryl/α,β-unsaturated/α-hetero) is 5. The highest BCUT2D eigenvalue weighted by molar-refractivity contribution is 6.38. The van der Waals surface area contributed by atoms with Crippen LogP contribution in [-0.4, -0.2) is 45.8 Å². The third kappa shape index (κ3) is 11.1. The molecule has 0 aliphatic carbocycles. The summed E-state index contributed by atoms with van der Waals surface area (Å²) in [4.78, 5) is 81.4. The molecule has 0 radical (unpaired) electrons. The molecule has 0 unspecified atom stereocenters. The summed E-state index contributed by atoms with van der Waals surface area (Å²) in [5, 5.41) is 2.76. The van der Waals surface area contributed by atoms with Gasteiger partial charge in [0.2, 0.25) is 11.7 Å². The van der Waals surface area contributed by atoms with E-state index < -0.39 is 35.4 Å². The molecule has 2 aromatic carbocycles. The van der Waals surface area contributed by atoms with Crippen molar-refractivity contribution in [2.75, 3.05) is 0 Å². The molecule has 0 saturated heterocycles. The lowest BCUT2D eigenvalue weighted by atomic mass is 9.83. The largest absolute Gasteiger partial charge is 0.346 e. The Hall–Kier alpha value is -4.59. The molecular formula is C37H42N2O6. The normalized spacial score (nSPS) is 13.0. The summed E-state index contributed by atoms with van der Waals surface area (Å²) in [5.74, 6) is -4.02. The number of aromatic nitrogens is 1. The van der Waals surface area contributed by atoms with Crippen LogP contribution in [0, 0.1) is 17.8 Å². The highest BCUT2D eigenvalue weighted by Gasteiger charge is 2.32. The number of nitrogens with zero attached hydrogens (tertiary/aromatic N) is 1. The van der Waals surface area contributed by atoms with E-state index in [2.05, 4.69) is 10.3 Å². The summed E-state index contributed by atoms with van der Waals surface area (Å²) in [6.45, 7) is 6.62. The Morgan fingerprint density at radius 2 is 1.40 bits per heavy atom. The minimum Gasteiger partial charge on any atom is -0.346 e. The van der Waals surface area contributed by atoms with Gasteiger partial charge in [0, 0.05) is 55.0 Å². The smallest absolute Gasteiger partial charge is 0.224 e. The maximum absolute atomic E-state index is 13.5. The zero-order valence-corrected chi connectivity index (χ0v) is 26.5. The fourth-order valence-corrected chi connectivity index (χ4v) is 5.12. The highest BCUT2D eigenvalue weighted by Crippen LogP contribution is 2.21. The van der Waals surface area contributed by atoms with Gasteiger partial charge >= 0.3 is 0 Å². The van der Waals surface area contributed by atoms with E-state index in [9.17, 15) is 28.8 Å². The lowest BCUT2D eigenvalue weighted by molar-refractivity contribution is -0.141. The van der Waals surface area contributed by atoms with E-state index >= 15 is 0 Å². The van der Waals surface area contributed by atoms with Gasteiger partial charge in [0.05, 0.1) is 6.04 Å². The van der Waals surface area contributed by atoms with Gasteiger partial charge in [0.15, 0.2) is 17.3 Å². The van der Waals surface area contributed by atoms with E-state index in [1.165, 1.54) is 13.1 Å². The lowest BCUT2D eigenvalue weighted by Crippen LogP contribution is -2.44. The van der Waals surface area contributed by atoms with Crippen molar-refractivity contribution in [1.29, 1.82) is 0 Å². The van der Waals surface area contributed by atoms with Crippen molar-refractivity contribution in [2.45, 2.75) is 72.3 Å². The Bertz CT molecular complexity index is 1480. The average Bonchev–Trinajstić information content (AvgIpc) is 3.02. The molecule has 0 spiro atoms. The standard InChI is InChI=1S/C37H42N2O6/c1-24(2)32(36(44)33(41)18-15-27-11-7-5-8-12-27)22-34(42)26(4)39-37(45)30(20-28-13-9-6-10-14-28)21-35(43)29-16-17-31(38-23-29)19-25(3)40/h5-14,16-17,23-24,26,30,32H,15,18-22H2,1-4H3,(H,39,45)/t26-,30+,32-/m0/s1. The summed E-state index contributed by atoms with van der Waals surface area (Å²) in [7, 11) is 0. The first kappa shape index (κ1) is 34.9. The second kappa shape index (κ2) is 17.0. The van der Waals surface area contributed by atoms with Crippen LogP contribution < -0.4 is 5.32 Å². The fraction of sp³-hybridized carbons (Fsp3) is 0.378. The topological polar surface area (TPSA) is 127 Å². The minimum atomic E-state index is -0.924. The number of benzene rings is 2. The van der Waals surface area contributed by atoms with Crippen LogP contribution in [0.4, 0.5) is 0 Å². The van der Waals surface area contributed by atoms with Gasteiger partial charge in [0.1, 0.15) is 5.78 Å². The van der Waals surface area contributed by atoms with E-state index in [1.54, 1.807) is 32.9 Å². The molecule has 236 valence electrons. The minimum absolute atomic E-state index is 0.0384. The van der Waals surface area contributed by atoms with Gasteiger partial charge < -0.3 is 5.32 Å². The molecule has 0 fully saturated rings. The predicted molar refractivity (Wildman–Crippen MR) is 172 cm³/mol. The van der Waals surface area contributed by atoms with E-state index in [1.807, 2.05) is 60.7 Å². The van der Waals surface area contributed by atoms with Crippen LogP contribution >= 0.6 is 0 Å². The number of carbonyl (C=O) groups is 6. The summed E-state index contributed by atoms with van der Waals surface area (Å²) >= 11 is 0. The third-order valence-corrected chi connectivity index (χ3v) is 7.87. The molecule has 1 N–H and O–H groups in total. The Morgan fingerprint density at radius 3 is 1.96 bits per heavy atom. The Labute approximate surface area is 265 Å². The van der Waals surface area contributed by atoms with Crippen molar-refractivity contribution in [1.82, 2.24) is 10.3 Å². The van der Waals surface area contributed by atoms with Crippen LogP contribution in [0.15, 0.2) is 79.0 Å². The van der Waals surface area contributed by atoms with Crippen molar-refractivity contribution in [3.05, 3.63) is 101 Å². The van der Waals surface area contributed by atoms with Gasteiger partial charge in [-0.25, -0.2) is 0 Å². The van der Waals surface area contributed by atoms with Crippen LogP contribution in [0.1, 0.15) is 74.1 Å². The first-order valence-corrected chi connectivity index (χ1v) is 15.4. The molecule has 0 bridgehead atoms. The van der Waals surface area contributed by atoms with Gasteiger partial charge in [-0.3, -0.25) is 33.8 Å². The molecule has 3 rings (SSSR count). The van der Waals surface area contributed by atoms with Crippen molar-refractivity contribution in [3.8, 4) is 0 Å². The van der Waals surface area contributed by atoms with Gasteiger partial charge in [-0.15, -0.1) is 0 Å². The quantitative estimate of drug-likeness (QED) is 0.156. The summed E-state index contributed by atoms with van der Waals surface area (Å²) < 4.78 is 0. The van der Waals surface area contributed by atoms with Crippen molar-refractivity contribution >= 4 is 34.8 Å². The Morgan fingerprint density at radius 1 is 0.778 bits per heavy atom. The third-order valence-electron chi connectivity index (χ3n) is 7.87. The van der Waals surface area contributed by atoms with Crippen molar-refractivity contribution in [2.24, 2.45) is 17.8 Å². The number of rotatable bonds is 18. The van der Waals surface area contributed by atoms with Gasteiger partial charge in [-0.05, 0) is 55.9 Å². The number of hydrogen-bond donors (Lipinski definition) is 1. The second-order valence-corrected chi connectivity index (χ2v) is 12.0. The number of nitrogens with one attached hydrogen (secondary N) is 1. The first-order valence-electron chi connectivity index (χ1n) is 15.4. The molecule has 45 heavy (non-hydrogen) atoms. The van der Waals surface area contributed by atoms with E-state index in [0.717, 1.165) is 11.1 Å². The molecule has 8 heteroatoms. The number of carbonyl (C=O) groups excluding carboxylic acids is 6. The first-order chi connectivity index (χ1) is 21.4. The second-order valence-electron chi connectivity index (χ2n) is 12.0. The molecule has 1 aromatic heterocycles. The van der Waals surface area contributed by atoms with Crippen LogP contribution in [0.5, 0.6) is 0 Å². The van der Waals surface area contributed by atoms with Crippen molar-refractivity contribution < 1.29 is 28.8 Å². The van der Waals surface area contributed by atoms with Crippen LogP contribution in [0.25, 0.3) is 0 Å². The molecule has 8 nitrogen and oxygen atoms in total. The number of pyridine rings is 1. The zero-order chi connectivity index (χ0) is 32.9. The van der Waals surface area contributed by atoms with Crippen LogP contribution in [0.3, 0.4) is 0 Å². The maximum Gasteiger partial charge on any atom is 0.224 e. The number of hydrogen-bond acceptors (Lipinski definition) is 7. The molecule has 3 atom stereocenters. The number of aryl methyl sites for hydroxylation is 1. The van der Waals surface area contributed by atoms with E-state index in [-0.39, 0.29) is 55.4 Å². The van der Waals surface area contributed by atoms with Gasteiger partial charge in [-0.2, -0.15) is 0 Å². The van der Waals surface area contributed by atoms with Crippen molar-refractivity contribution in [3.63, 3.8) is 0 Å². The monoisotopic (exact) mass is 610 g/mol. The number of ketones is 5. The number of amides is 1. The molecule has 3 aromatic rings. The van der Waals surface area contributed by atoms with Crippen LogP contribution in [0.2, 0.25) is 0 Å². The molecular weight excluding hydrogens is 568 g/mol. The van der Waals surface area contributed by atoms with E-state index in [0.29, 0.717) is 17.7 Å². The van der Waals surface area contributed by atoms with Gasteiger partial charge in [-0.1, -0.05) is 74.5 Å². The Balaban J connectivity index is 1.66. The summed E-state index contributed by atoms with van der Waals surface area (Å²) in [6, 6.07) is 21.0. The summed E-state index contributed by atoms with van der Waals surface area (Å²) in [6.07, 6.45) is 2.08. The molecule has 0 aliphatic rings. The lowest BCUT2D eigenvalue weighted by Gasteiger charge is -2.23. The molecule has 1 amide bonds. The zero-order valence-electron chi connectivity index (χ0n) is 26.5. The summed E-state index contributed by atoms with van der Waals surface area (Å²) in [5.41, 5.74) is 2.70. The fourth-order valence-electron chi connectivity index (χ4n) is 5.12. The SMILES string of the molecule is CC(=O)Cc1ccc(C(=O)C[C@@H](Cc2ccccc2)C(=O)N[C@@H](C)C(=O)C[C@H](C(=O)C(=O)CCc2ccccc2)C(C)C)cn1. The van der Waals surface area contributed by atoms with E-state index in [4.69, 9.17) is 0 Å². The maximum atomic E-state index is 13.5. The highest BCUT2D eigenvalue weighted by atomic mass is 16.2. The van der Waals surface area contributed by atoms with Gasteiger partial charge in [0.25, 0.3) is 0 Å². The molecule has 0 saturated carbocycles.